The van der Waals surface area contributed by atoms with Crippen LogP contribution in [0.1, 0.15) is 29.5 Å². The molecule has 0 fully saturated rings. The van der Waals surface area contributed by atoms with E-state index in [2.05, 4.69) is 17.0 Å². The number of fused-ring (bicyclic) bond motifs is 1. The van der Waals surface area contributed by atoms with E-state index in [1.807, 2.05) is 6.07 Å². The van der Waals surface area contributed by atoms with Crippen molar-refractivity contribution in [3.05, 3.63) is 29.7 Å². The maximum absolute atomic E-state index is 10.9. The number of hydrogen-bond donors (Lipinski definition) is 1. The molecule has 0 aromatic carbocycles. The second-order valence-corrected chi connectivity index (χ2v) is 3.29. The van der Waals surface area contributed by atoms with Crippen LogP contribution in [0.5, 0.6) is 0 Å². The highest BCUT2D eigenvalue weighted by atomic mass is 16.4. The van der Waals surface area contributed by atoms with Crippen molar-refractivity contribution in [3.8, 4) is 0 Å². The smallest absolute Gasteiger partial charge is 0.354 e. The van der Waals surface area contributed by atoms with Crippen molar-refractivity contribution in [1.29, 1.82) is 0 Å². The molecule has 0 unspecified atom stereocenters. The van der Waals surface area contributed by atoms with Gasteiger partial charge < -0.3 is 5.11 Å². The van der Waals surface area contributed by atoms with E-state index in [-0.39, 0.29) is 5.69 Å². The molecular formula is C10H11N3O2. The molecule has 15 heavy (non-hydrogen) atoms. The Balaban J connectivity index is 2.59. The van der Waals surface area contributed by atoms with Crippen LogP contribution in [-0.2, 0) is 6.42 Å². The fourth-order valence-electron chi connectivity index (χ4n) is 1.48. The lowest BCUT2D eigenvalue weighted by molar-refractivity contribution is 0.0687. The van der Waals surface area contributed by atoms with Crippen LogP contribution in [0.15, 0.2) is 18.3 Å². The van der Waals surface area contributed by atoms with Crippen LogP contribution < -0.4 is 0 Å². The van der Waals surface area contributed by atoms with E-state index in [9.17, 15) is 4.79 Å². The van der Waals surface area contributed by atoms with Crippen LogP contribution in [-0.4, -0.2) is 25.7 Å². The van der Waals surface area contributed by atoms with E-state index < -0.39 is 5.97 Å². The molecule has 0 radical (unpaired) electrons. The lowest BCUT2D eigenvalue weighted by Crippen LogP contribution is -2.06. The van der Waals surface area contributed by atoms with Crippen LogP contribution in [0.25, 0.3) is 5.65 Å². The molecule has 1 N–H and O–H groups in total. The Labute approximate surface area is 86.4 Å². The number of aromatic nitrogens is 3. The first-order chi connectivity index (χ1) is 7.22. The average molecular weight is 205 g/mol. The van der Waals surface area contributed by atoms with Gasteiger partial charge in [-0.05, 0) is 12.5 Å². The molecule has 0 aliphatic rings. The Morgan fingerprint density at radius 2 is 2.40 bits per heavy atom. The zero-order valence-corrected chi connectivity index (χ0v) is 8.34. The highest BCUT2D eigenvalue weighted by Gasteiger charge is 2.10. The summed E-state index contributed by atoms with van der Waals surface area (Å²) in [4.78, 5) is 15.0. The molecule has 2 rings (SSSR count). The maximum Gasteiger partial charge on any atom is 0.354 e. The van der Waals surface area contributed by atoms with E-state index in [0.29, 0.717) is 5.65 Å². The van der Waals surface area contributed by atoms with Crippen molar-refractivity contribution >= 4 is 11.6 Å². The van der Waals surface area contributed by atoms with Gasteiger partial charge in [-0.25, -0.2) is 14.3 Å². The summed E-state index contributed by atoms with van der Waals surface area (Å²) in [5.74, 6) is -0.992. The highest BCUT2D eigenvalue weighted by molar-refractivity contribution is 5.86. The van der Waals surface area contributed by atoms with Gasteiger partial charge in [-0.2, -0.15) is 5.10 Å². The zero-order valence-electron chi connectivity index (χ0n) is 8.34. The molecule has 78 valence electrons. The van der Waals surface area contributed by atoms with Crippen molar-refractivity contribution in [1.82, 2.24) is 14.6 Å². The first kappa shape index (κ1) is 9.64. The Morgan fingerprint density at radius 3 is 3.07 bits per heavy atom. The second-order valence-electron chi connectivity index (χ2n) is 3.29. The molecule has 0 aliphatic carbocycles. The molecule has 2 aromatic rings. The van der Waals surface area contributed by atoms with Gasteiger partial charge in [-0.1, -0.05) is 13.3 Å². The lowest BCUT2D eigenvalue weighted by Gasteiger charge is -1.96. The van der Waals surface area contributed by atoms with Crippen LogP contribution in [0.3, 0.4) is 0 Å². The summed E-state index contributed by atoms with van der Waals surface area (Å²) < 4.78 is 1.37. The first-order valence-electron chi connectivity index (χ1n) is 4.79. The van der Waals surface area contributed by atoms with Crippen LogP contribution in [0.4, 0.5) is 0 Å². The number of carboxylic acids is 1. The van der Waals surface area contributed by atoms with E-state index in [1.54, 1.807) is 0 Å². The number of aryl methyl sites for hydroxylation is 1. The predicted octanol–water partition coefficient (Wildman–Crippen LogP) is 1.38. The van der Waals surface area contributed by atoms with Crippen LogP contribution in [0, 0.1) is 0 Å². The van der Waals surface area contributed by atoms with Gasteiger partial charge in [0, 0.05) is 12.3 Å². The van der Waals surface area contributed by atoms with Gasteiger partial charge in [-0.3, -0.25) is 0 Å². The number of nitrogens with zero attached hydrogens (tertiary/aromatic N) is 3. The van der Waals surface area contributed by atoms with Crippen LogP contribution >= 0.6 is 0 Å². The number of aromatic carboxylic acids is 1. The summed E-state index contributed by atoms with van der Waals surface area (Å²) in [7, 11) is 0. The molecule has 5 nitrogen and oxygen atoms in total. The lowest BCUT2D eigenvalue weighted by atomic mass is 10.2. The van der Waals surface area contributed by atoms with Crippen molar-refractivity contribution in [3.63, 3.8) is 0 Å². The molecule has 0 spiro atoms. The second kappa shape index (κ2) is 3.68. The Hall–Kier alpha value is -1.91. The van der Waals surface area contributed by atoms with Gasteiger partial charge in [0.2, 0.25) is 0 Å². The van der Waals surface area contributed by atoms with Gasteiger partial charge in [0.1, 0.15) is 0 Å². The molecule has 2 heterocycles. The molecule has 5 heteroatoms. The molecule has 2 aromatic heterocycles. The SMILES string of the molecule is CCCc1cc2nccc(C(=O)O)n2n1. The molecule has 0 atom stereocenters. The van der Waals surface area contributed by atoms with Crippen LogP contribution in [0.2, 0.25) is 0 Å². The van der Waals surface area contributed by atoms with Crippen molar-refractivity contribution in [2.75, 3.05) is 0 Å². The minimum Gasteiger partial charge on any atom is -0.477 e. The molecule has 0 bridgehead atoms. The van der Waals surface area contributed by atoms with E-state index in [1.165, 1.54) is 16.8 Å². The minimum absolute atomic E-state index is 0.141. The van der Waals surface area contributed by atoms with E-state index in [4.69, 9.17) is 5.11 Å². The zero-order chi connectivity index (χ0) is 10.8. The average Bonchev–Trinajstić information content (AvgIpc) is 2.59. The third-order valence-corrected chi connectivity index (χ3v) is 2.13. The fourth-order valence-corrected chi connectivity index (χ4v) is 1.48. The highest BCUT2D eigenvalue weighted by Crippen LogP contribution is 2.08. The molecule has 0 amide bonds. The number of rotatable bonds is 3. The van der Waals surface area contributed by atoms with Crippen molar-refractivity contribution in [2.24, 2.45) is 0 Å². The third kappa shape index (κ3) is 1.68. The summed E-state index contributed by atoms with van der Waals surface area (Å²) in [6, 6.07) is 3.26. The topological polar surface area (TPSA) is 67.5 Å². The van der Waals surface area contributed by atoms with E-state index in [0.717, 1.165) is 18.5 Å². The molecular weight excluding hydrogens is 194 g/mol. The fraction of sp³-hybridized carbons (Fsp3) is 0.300. The summed E-state index contributed by atoms with van der Waals surface area (Å²) >= 11 is 0. The largest absolute Gasteiger partial charge is 0.477 e. The minimum atomic E-state index is -0.992. The quantitative estimate of drug-likeness (QED) is 0.821. The Morgan fingerprint density at radius 1 is 1.60 bits per heavy atom. The van der Waals surface area contributed by atoms with Crippen molar-refractivity contribution < 1.29 is 9.90 Å². The molecule has 0 saturated carbocycles. The first-order valence-corrected chi connectivity index (χ1v) is 4.79. The monoisotopic (exact) mass is 205 g/mol. The standard InChI is InChI=1S/C10H11N3O2/c1-2-3-7-6-9-11-5-4-8(10(14)15)13(9)12-7/h4-6H,2-3H2,1H3,(H,14,15). The number of carboxylic acid groups (broad SMARTS) is 1. The maximum atomic E-state index is 10.9. The molecule has 0 aliphatic heterocycles. The normalized spacial score (nSPS) is 10.7. The molecule has 0 saturated heterocycles. The summed E-state index contributed by atoms with van der Waals surface area (Å²) in [6.07, 6.45) is 3.30. The van der Waals surface area contributed by atoms with Gasteiger partial charge in [0.05, 0.1) is 5.69 Å². The van der Waals surface area contributed by atoms with Crippen molar-refractivity contribution in [2.45, 2.75) is 19.8 Å². The number of hydrogen-bond acceptors (Lipinski definition) is 3. The van der Waals surface area contributed by atoms with Gasteiger partial charge >= 0.3 is 5.97 Å². The van der Waals surface area contributed by atoms with E-state index >= 15 is 0 Å². The van der Waals surface area contributed by atoms with Gasteiger partial charge in [0.25, 0.3) is 0 Å². The summed E-state index contributed by atoms with van der Waals surface area (Å²) in [5, 5.41) is 13.1. The predicted molar refractivity (Wildman–Crippen MR) is 53.9 cm³/mol. The Bertz CT molecular complexity index is 504. The third-order valence-electron chi connectivity index (χ3n) is 2.13. The Kier molecular flexibility index (Phi) is 2.37. The number of carbonyl (C=O) groups is 1. The summed E-state index contributed by atoms with van der Waals surface area (Å²) in [6.45, 7) is 2.05. The van der Waals surface area contributed by atoms with Gasteiger partial charge in [0.15, 0.2) is 11.3 Å². The van der Waals surface area contributed by atoms with Gasteiger partial charge in [-0.15, -0.1) is 0 Å². The summed E-state index contributed by atoms with van der Waals surface area (Å²) in [5.41, 5.74) is 1.60.